The Hall–Kier alpha value is -1.17. The Labute approximate surface area is 124 Å². The molecule has 0 bridgehead atoms. The molecule has 1 heterocycles. The van der Waals surface area contributed by atoms with Gasteiger partial charge in [-0.3, -0.25) is 4.79 Å². The first-order valence-corrected chi connectivity index (χ1v) is 7.56. The molecular formula is C14H14BrNO2S. The maximum Gasteiger partial charge on any atom is 0.305 e. The molecule has 5 heteroatoms. The van der Waals surface area contributed by atoms with Gasteiger partial charge in [-0.15, -0.1) is 11.3 Å². The van der Waals surface area contributed by atoms with Crippen molar-refractivity contribution < 1.29 is 9.90 Å². The highest BCUT2D eigenvalue weighted by atomic mass is 79.9. The van der Waals surface area contributed by atoms with Gasteiger partial charge >= 0.3 is 5.97 Å². The van der Waals surface area contributed by atoms with Gasteiger partial charge in [0.05, 0.1) is 12.5 Å². The monoisotopic (exact) mass is 339 g/mol. The smallest absolute Gasteiger partial charge is 0.305 e. The SMILES string of the molecule is O=C(O)CC(NCc1ccccc1Br)c1cccs1. The molecule has 0 saturated heterocycles. The molecule has 0 fully saturated rings. The Morgan fingerprint density at radius 3 is 2.74 bits per heavy atom. The molecule has 1 atom stereocenters. The van der Waals surface area contributed by atoms with E-state index < -0.39 is 5.97 Å². The number of carboxylic acids is 1. The maximum absolute atomic E-state index is 10.9. The third-order valence-corrected chi connectivity index (χ3v) is 4.52. The van der Waals surface area contributed by atoms with Gasteiger partial charge in [0.15, 0.2) is 0 Å². The van der Waals surface area contributed by atoms with Crippen LogP contribution in [-0.2, 0) is 11.3 Å². The number of hydrogen-bond acceptors (Lipinski definition) is 3. The van der Waals surface area contributed by atoms with Gasteiger partial charge in [0, 0.05) is 15.9 Å². The van der Waals surface area contributed by atoms with Crippen molar-refractivity contribution in [1.82, 2.24) is 5.32 Å². The minimum atomic E-state index is -0.793. The van der Waals surface area contributed by atoms with Crippen molar-refractivity contribution in [2.24, 2.45) is 0 Å². The highest BCUT2D eigenvalue weighted by Gasteiger charge is 2.16. The molecule has 0 amide bonds. The first-order chi connectivity index (χ1) is 9.16. The van der Waals surface area contributed by atoms with Crippen LogP contribution in [0.25, 0.3) is 0 Å². The van der Waals surface area contributed by atoms with E-state index in [1.807, 2.05) is 41.8 Å². The minimum absolute atomic E-state index is 0.0883. The zero-order valence-corrected chi connectivity index (χ0v) is 12.6. The lowest BCUT2D eigenvalue weighted by atomic mass is 10.1. The summed E-state index contributed by atoms with van der Waals surface area (Å²) in [4.78, 5) is 12.0. The normalized spacial score (nSPS) is 12.3. The molecule has 1 unspecified atom stereocenters. The summed E-state index contributed by atoms with van der Waals surface area (Å²) in [6.07, 6.45) is 0.0883. The van der Waals surface area contributed by atoms with E-state index in [1.54, 1.807) is 11.3 Å². The maximum atomic E-state index is 10.9. The van der Waals surface area contributed by atoms with E-state index in [0.29, 0.717) is 6.54 Å². The number of carbonyl (C=O) groups is 1. The van der Waals surface area contributed by atoms with E-state index in [1.165, 1.54) is 0 Å². The fraction of sp³-hybridized carbons (Fsp3) is 0.214. The van der Waals surface area contributed by atoms with Gasteiger partial charge in [0.1, 0.15) is 0 Å². The largest absolute Gasteiger partial charge is 0.481 e. The van der Waals surface area contributed by atoms with Gasteiger partial charge in [-0.2, -0.15) is 0 Å². The van der Waals surface area contributed by atoms with Crippen LogP contribution in [-0.4, -0.2) is 11.1 Å². The molecule has 0 saturated carbocycles. The molecule has 3 nitrogen and oxygen atoms in total. The molecule has 2 aromatic rings. The molecule has 1 aromatic carbocycles. The zero-order valence-electron chi connectivity index (χ0n) is 10.2. The summed E-state index contributed by atoms with van der Waals surface area (Å²) in [5.74, 6) is -0.793. The molecule has 2 rings (SSSR count). The Morgan fingerprint density at radius 1 is 1.32 bits per heavy atom. The second-order valence-electron chi connectivity index (χ2n) is 4.14. The van der Waals surface area contributed by atoms with E-state index in [4.69, 9.17) is 5.11 Å². The highest BCUT2D eigenvalue weighted by Crippen LogP contribution is 2.23. The third kappa shape index (κ3) is 4.16. The van der Waals surface area contributed by atoms with E-state index in [-0.39, 0.29) is 12.5 Å². The van der Waals surface area contributed by atoms with Crippen molar-refractivity contribution in [3.05, 3.63) is 56.7 Å². The van der Waals surface area contributed by atoms with Gasteiger partial charge in [-0.25, -0.2) is 0 Å². The lowest BCUT2D eigenvalue weighted by Gasteiger charge is -2.16. The number of hydrogen-bond donors (Lipinski definition) is 2. The molecule has 0 radical (unpaired) electrons. The summed E-state index contributed by atoms with van der Waals surface area (Å²) in [5, 5.41) is 14.3. The Balaban J connectivity index is 2.05. The molecule has 0 spiro atoms. The Morgan fingerprint density at radius 2 is 2.11 bits per heavy atom. The summed E-state index contributed by atoms with van der Waals surface area (Å²) >= 11 is 5.07. The van der Waals surface area contributed by atoms with Gasteiger partial charge in [0.25, 0.3) is 0 Å². The minimum Gasteiger partial charge on any atom is -0.481 e. The van der Waals surface area contributed by atoms with Crippen molar-refractivity contribution in [3.63, 3.8) is 0 Å². The Bertz CT molecular complexity index is 542. The lowest BCUT2D eigenvalue weighted by Crippen LogP contribution is -2.23. The second kappa shape index (κ2) is 6.84. The molecule has 19 heavy (non-hydrogen) atoms. The molecule has 1 aromatic heterocycles. The van der Waals surface area contributed by atoms with Crippen molar-refractivity contribution in [1.29, 1.82) is 0 Å². The summed E-state index contributed by atoms with van der Waals surface area (Å²) < 4.78 is 1.03. The van der Waals surface area contributed by atoms with Crippen molar-refractivity contribution in [3.8, 4) is 0 Å². The van der Waals surface area contributed by atoms with Crippen LogP contribution in [0.5, 0.6) is 0 Å². The van der Waals surface area contributed by atoms with E-state index in [0.717, 1.165) is 14.9 Å². The summed E-state index contributed by atoms with van der Waals surface area (Å²) in [6, 6.07) is 11.7. The van der Waals surface area contributed by atoms with Crippen LogP contribution in [0.1, 0.15) is 22.9 Å². The number of thiophene rings is 1. The molecular weight excluding hydrogens is 326 g/mol. The number of carboxylic acid groups (broad SMARTS) is 1. The standard InChI is InChI=1S/C14H14BrNO2S/c15-11-5-2-1-4-10(11)9-16-12(8-14(17)18)13-6-3-7-19-13/h1-7,12,16H,8-9H2,(H,17,18). The van der Waals surface area contributed by atoms with Gasteiger partial charge in [-0.1, -0.05) is 40.2 Å². The number of halogens is 1. The fourth-order valence-corrected chi connectivity index (χ4v) is 3.04. The molecule has 0 aliphatic rings. The Kier molecular flexibility index (Phi) is 5.13. The second-order valence-corrected chi connectivity index (χ2v) is 5.97. The summed E-state index contributed by atoms with van der Waals surface area (Å²) in [5.41, 5.74) is 1.12. The number of aliphatic carboxylic acids is 1. The quantitative estimate of drug-likeness (QED) is 0.841. The molecule has 0 aliphatic carbocycles. The van der Waals surface area contributed by atoms with Crippen molar-refractivity contribution in [2.75, 3.05) is 0 Å². The van der Waals surface area contributed by atoms with E-state index in [9.17, 15) is 4.79 Å². The van der Waals surface area contributed by atoms with Crippen LogP contribution in [0.4, 0.5) is 0 Å². The predicted octanol–water partition coefficient (Wildman–Crippen LogP) is 3.82. The van der Waals surface area contributed by atoms with Crippen molar-refractivity contribution >= 4 is 33.2 Å². The van der Waals surface area contributed by atoms with E-state index in [2.05, 4.69) is 21.2 Å². The topological polar surface area (TPSA) is 49.3 Å². The predicted molar refractivity (Wildman–Crippen MR) is 80.3 cm³/mol. The first kappa shape index (κ1) is 14.2. The fourth-order valence-electron chi connectivity index (χ4n) is 1.81. The van der Waals surface area contributed by atoms with Crippen LogP contribution in [0.2, 0.25) is 0 Å². The third-order valence-electron chi connectivity index (χ3n) is 2.76. The van der Waals surface area contributed by atoms with Crippen LogP contribution in [0.3, 0.4) is 0 Å². The number of rotatable bonds is 6. The number of nitrogens with one attached hydrogen (secondary N) is 1. The van der Waals surface area contributed by atoms with Crippen molar-refractivity contribution in [2.45, 2.75) is 19.0 Å². The summed E-state index contributed by atoms with van der Waals surface area (Å²) in [7, 11) is 0. The average molecular weight is 340 g/mol. The highest BCUT2D eigenvalue weighted by molar-refractivity contribution is 9.10. The molecule has 0 aliphatic heterocycles. The molecule has 100 valence electrons. The van der Waals surface area contributed by atoms with Gasteiger partial charge in [0.2, 0.25) is 0 Å². The van der Waals surface area contributed by atoms with Crippen LogP contribution >= 0.6 is 27.3 Å². The molecule has 2 N–H and O–H groups in total. The average Bonchev–Trinajstić information content (AvgIpc) is 2.89. The van der Waals surface area contributed by atoms with Crippen LogP contribution in [0, 0.1) is 0 Å². The lowest BCUT2D eigenvalue weighted by molar-refractivity contribution is -0.137. The van der Waals surface area contributed by atoms with Gasteiger partial charge in [-0.05, 0) is 23.1 Å². The van der Waals surface area contributed by atoms with Crippen LogP contribution in [0.15, 0.2) is 46.3 Å². The first-order valence-electron chi connectivity index (χ1n) is 5.89. The van der Waals surface area contributed by atoms with Crippen LogP contribution < -0.4 is 5.32 Å². The summed E-state index contributed by atoms with van der Waals surface area (Å²) in [6.45, 7) is 0.636. The van der Waals surface area contributed by atoms with E-state index >= 15 is 0 Å². The van der Waals surface area contributed by atoms with Gasteiger partial charge < -0.3 is 10.4 Å². The zero-order chi connectivity index (χ0) is 13.7. The number of benzene rings is 1.